The maximum absolute atomic E-state index is 12.3. The molecule has 7 heteroatoms. The van der Waals surface area contributed by atoms with E-state index in [1.54, 1.807) is 18.2 Å². The standard InChI is InChI=1S/C17H25N3O4/c1-23-14-9-12(5-6-13(14)24-11-15(18)21)10-20-16(22)17(19)7-3-2-4-8-17/h5-6,9H,2-4,7-8,10-11,19H2,1H3,(H2,18,21)(H,20,22). The van der Waals surface area contributed by atoms with Crippen molar-refractivity contribution in [3.63, 3.8) is 0 Å². The molecule has 0 aromatic heterocycles. The zero-order valence-corrected chi connectivity index (χ0v) is 14.0. The van der Waals surface area contributed by atoms with Gasteiger partial charge in [0, 0.05) is 6.54 Å². The van der Waals surface area contributed by atoms with Gasteiger partial charge in [-0.05, 0) is 30.5 Å². The van der Waals surface area contributed by atoms with E-state index in [4.69, 9.17) is 20.9 Å². The summed E-state index contributed by atoms with van der Waals surface area (Å²) in [5.41, 5.74) is 11.4. The molecule has 2 amide bonds. The van der Waals surface area contributed by atoms with Gasteiger partial charge in [0.05, 0.1) is 12.6 Å². The molecule has 0 bridgehead atoms. The Labute approximate surface area is 141 Å². The summed E-state index contributed by atoms with van der Waals surface area (Å²) in [5.74, 6) is 0.224. The topological polar surface area (TPSA) is 117 Å². The van der Waals surface area contributed by atoms with E-state index in [-0.39, 0.29) is 12.5 Å². The fourth-order valence-electron chi connectivity index (χ4n) is 2.86. The summed E-state index contributed by atoms with van der Waals surface area (Å²) in [6.45, 7) is 0.131. The number of ether oxygens (including phenoxy) is 2. The first-order valence-electron chi connectivity index (χ1n) is 8.10. The molecule has 0 saturated heterocycles. The second-order valence-electron chi connectivity index (χ2n) is 6.14. The summed E-state index contributed by atoms with van der Waals surface area (Å²) in [5, 5.41) is 2.90. The van der Waals surface area contributed by atoms with Crippen molar-refractivity contribution in [2.24, 2.45) is 11.5 Å². The average Bonchev–Trinajstić information content (AvgIpc) is 2.58. The third-order valence-corrected chi connectivity index (χ3v) is 4.25. The van der Waals surface area contributed by atoms with E-state index in [2.05, 4.69) is 5.32 Å². The molecule has 1 aromatic rings. The minimum atomic E-state index is -0.757. The van der Waals surface area contributed by atoms with Crippen LogP contribution in [0.1, 0.15) is 37.7 Å². The molecule has 2 rings (SSSR count). The summed E-state index contributed by atoms with van der Waals surface area (Å²) in [4.78, 5) is 23.1. The second kappa shape index (κ2) is 8.01. The van der Waals surface area contributed by atoms with Gasteiger partial charge >= 0.3 is 0 Å². The van der Waals surface area contributed by atoms with Crippen LogP contribution in [-0.4, -0.2) is 31.1 Å². The molecule has 1 aromatic carbocycles. The van der Waals surface area contributed by atoms with Gasteiger partial charge in [0.15, 0.2) is 18.1 Å². The molecule has 132 valence electrons. The van der Waals surface area contributed by atoms with Crippen LogP contribution in [-0.2, 0) is 16.1 Å². The van der Waals surface area contributed by atoms with E-state index in [9.17, 15) is 9.59 Å². The highest BCUT2D eigenvalue weighted by Crippen LogP contribution is 2.29. The Kier molecular flexibility index (Phi) is 6.03. The number of amides is 2. The molecule has 5 N–H and O–H groups in total. The lowest BCUT2D eigenvalue weighted by molar-refractivity contribution is -0.127. The number of benzene rings is 1. The Balaban J connectivity index is 1.97. The molecule has 1 aliphatic rings. The van der Waals surface area contributed by atoms with E-state index in [1.807, 2.05) is 0 Å². The molecule has 7 nitrogen and oxygen atoms in total. The van der Waals surface area contributed by atoms with Crippen molar-refractivity contribution < 1.29 is 19.1 Å². The second-order valence-corrected chi connectivity index (χ2v) is 6.14. The van der Waals surface area contributed by atoms with Crippen LogP contribution in [0.4, 0.5) is 0 Å². The van der Waals surface area contributed by atoms with Crippen LogP contribution < -0.4 is 26.3 Å². The molecule has 1 saturated carbocycles. The first kappa shape index (κ1) is 18.1. The fourth-order valence-corrected chi connectivity index (χ4v) is 2.86. The van der Waals surface area contributed by atoms with E-state index in [0.717, 1.165) is 37.7 Å². The number of nitrogens with one attached hydrogen (secondary N) is 1. The number of methoxy groups -OCH3 is 1. The lowest BCUT2D eigenvalue weighted by atomic mass is 9.82. The van der Waals surface area contributed by atoms with E-state index in [0.29, 0.717) is 18.0 Å². The number of hydrogen-bond acceptors (Lipinski definition) is 5. The van der Waals surface area contributed by atoms with Crippen LogP contribution in [0.25, 0.3) is 0 Å². The minimum absolute atomic E-state index is 0.116. The number of primary amides is 1. The lowest BCUT2D eigenvalue weighted by Crippen LogP contribution is -2.54. The van der Waals surface area contributed by atoms with E-state index in [1.165, 1.54) is 7.11 Å². The molecule has 1 fully saturated rings. The van der Waals surface area contributed by atoms with Gasteiger partial charge in [0.2, 0.25) is 5.91 Å². The molecule has 0 unspecified atom stereocenters. The summed E-state index contributed by atoms with van der Waals surface area (Å²) in [6, 6.07) is 5.23. The zero-order chi connectivity index (χ0) is 17.6. The van der Waals surface area contributed by atoms with Crippen molar-refractivity contribution in [3.8, 4) is 11.5 Å². The van der Waals surface area contributed by atoms with Gasteiger partial charge in [-0.3, -0.25) is 9.59 Å². The summed E-state index contributed by atoms with van der Waals surface area (Å²) in [7, 11) is 1.51. The number of rotatable bonds is 7. The Morgan fingerprint density at radius 1 is 1.21 bits per heavy atom. The van der Waals surface area contributed by atoms with Crippen LogP contribution in [0.5, 0.6) is 11.5 Å². The van der Waals surface area contributed by atoms with Crippen molar-refractivity contribution in [3.05, 3.63) is 23.8 Å². The van der Waals surface area contributed by atoms with Gasteiger partial charge in [-0.15, -0.1) is 0 Å². The van der Waals surface area contributed by atoms with E-state index >= 15 is 0 Å². The maximum atomic E-state index is 12.3. The quantitative estimate of drug-likeness (QED) is 0.682. The monoisotopic (exact) mass is 335 g/mol. The number of nitrogens with two attached hydrogens (primary N) is 2. The van der Waals surface area contributed by atoms with Crippen LogP contribution in [0.15, 0.2) is 18.2 Å². The average molecular weight is 335 g/mol. The molecule has 0 radical (unpaired) electrons. The van der Waals surface area contributed by atoms with Gasteiger partial charge < -0.3 is 26.3 Å². The molecular weight excluding hydrogens is 310 g/mol. The Hall–Kier alpha value is -2.28. The van der Waals surface area contributed by atoms with Crippen LogP contribution in [0.3, 0.4) is 0 Å². The lowest BCUT2D eigenvalue weighted by Gasteiger charge is -2.31. The summed E-state index contributed by atoms with van der Waals surface area (Å²) < 4.78 is 10.5. The highest BCUT2D eigenvalue weighted by Gasteiger charge is 2.34. The molecule has 1 aliphatic carbocycles. The summed E-state index contributed by atoms with van der Waals surface area (Å²) >= 11 is 0. The van der Waals surface area contributed by atoms with Gasteiger partial charge in [0.1, 0.15) is 0 Å². The third kappa shape index (κ3) is 4.61. The molecular formula is C17H25N3O4. The van der Waals surface area contributed by atoms with Crippen molar-refractivity contribution in [2.45, 2.75) is 44.2 Å². The SMILES string of the molecule is COc1cc(CNC(=O)C2(N)CCCCC2)ccc1OCC(N)=O. The Bertz CT molecular complexity index is 597. The van der Waals surface area contributed by atoms with Crippen molar-refractivity contribution in [2.75, 3.05) is 13.7 Å². The smallest absolute Gasteiger partial charge is 0.255 e. The van der Waals surface area contributed by atoms with Crippen LogP contribution in [0, 0.1) is 0 Å². The number of carbonyl (C=O) groups excluding carboxylic acids is 2. The van der Waals surface area contributed by atoms with Crippen LogP contribution >= 0.6 is 0 Å². The Morgan fingerprint density at radius 3 is 2.54 bits per heavy atom. The minimum Gasteiger partial charge on any atom is -0.493 e. The molecule has 0 heterocycles. The predicted octanol–water partition coefficient (Wildman–Crippen LogP) is 0.837. The summed E-state index contributed by atoms with van der Waals surface area (Å²) in [6.07, 6.45) is 4.56. The highest BCUT2D eigenvalue weighted by atomic mass is 16.5. The van der Waals surface area contributed by atoms with E-state index < -0.39 is 11.4 Å². The predicted molar refractivity (Wildman–Crippen MR) is 89.5 cm³/mol. The van der Waals surface area contributed by atoms with Crippen molar-refractivity contribution >= 4 is 11.8 Å². The Morgan fingerprint density at radius 2 is 1.92 bits per heavy atom. The molecule has 24 heavy (non-hydrogen) atoms. The van der Waals surface area contributed by atoms with Gasteiger partial charge in [-0.2, -0.15) is 0 Å². The van der Waals surface area contributed by atoms with Gasteiger partial charge in [-0.1, -0.05) is 25.3 Å². The van der Waals surface area contributed by atoms with Crippen molar-refractivity contribution in [1.29, 1.82) is 0 Å². The molecule has 0 aliphatic heterocycles. The fraction of sp³-hybridized carbons (Fsp3) is 0.529. The largest absolute Gasteiger partial charge is 0.493 e. The highest BCUT2D eigenvalue weighted by molar-refractivity contribution is 5.86. The van der Waals surface area contributed by atoms with Gasteiger partial charge in [0.25, 0.3) is 5.91 Å². The maximum Gasteiger partial charge on any atom is 0.255 e. The molecule has 0 spiro atoms. The zero-order valence-electron chi connectivity index (χ0n) is 14.0. The van der Waals surface area contributed by atoms with Gasteiger partial charge in [-0.25, -0.2) is 0 Å². The third-order valence-electron chi connectivity index (χ3n) is 4.25. The number of carbonyl (C=O) groups is 2. The van der Waals surface area contributed by atoms with Crippen molar-refractivity contribution in [1.82, 2.24) is 5.32 Å². The first-order chi connectivity index (χ1) is 11.4. The first-order valence-corrected chi connectivity index (χ1v) is 8.10. The van der Waals surface area contributed by atoms with Crippen LogP contribution in [0.2, 0.25) is 0 Å². The molecule has 0 atom stereocenters. The number of hydrogen-bond donors (Lipinski definition) is 3. The normalized spacial score (nSPS) is 16.2.